The number of aliphatic carboxylic acids is 1. The first-order valence-electron chi connectivity index (χ1n) is 14.2. The van der Waals surface area contributed by atoms with Crippen molar-refractivity contribution in [3.8, 4) is 5.75 Å². The summed E-state index contributed by atoms with van der Waals surface area (Å²) in [6, 6.07) is 7.30. The van der Waals surface area contributed by atoms with Gasteiger partial charge in [0.05, 0.1) is 23.8 Å². The van der Waals surface area contributed by atoms with Crippen LogP contribution in [0.4, 0.5) is 11.4 Å². The normalized spacial score (nSPS) is 22.2. The van der Waals surface area contributed by atoms with Gasteiger partial charge in [0, 0.05) is 25.2 Å². The van der Waals surface area contributed by atoms with E-state index < -0.39 is 60.2 Å². The Labute approximate surface area is 248 Å². The minimum atomic E-state index is -1.38. The van der Waals surface area contributed by atoms with Crippen LogP contribution >= 0.6 is 0 Å². The first-order chi connectivity index (χ1) is 20.5. The van der Waals surface area contributed by atoms with Crippen molar-refractivity contribution >= 4 is 41.0 Å². The number of carbonyl (C=O) groups excluding carboxylic acids is 4. The highest BCUT2D eigenvalue weighted by molar-refractivity contribution is 6.08. The van der Waals surface area contributed by atoms with Gasteiger partial charge in [-0.25, -0.2) is 0 Å². The molecule has 0 spiro atoms. The zero-order chi connectivity index (χ0) is 31.3. The van der Waals surface area contributed by atoms with Crippen molar-refractivity contribution in [1.29, 1.82) is 0 Å². The van der Waals surface area contributed by atoms with Crippen LogP contribution in [0.2, 0.25) is 0 Å². The number of aliphatic hydroxyl groups excluding tert-OH is 1. The molecule has 0 radical (unpaired) electrons. The monoisotopic (exact) mass is 595 g/mol. The highest BCUT2D eigenvalue weighted by Crippen LogP contribution is 2.28. The molecule has 1 saturated heterocycles. The third-order valence-corrected chi connectivity index (χ3v) is 7.78. The number of nitrogens with zero attached hydrogens (tertiary/aromatic N) is 1. The predicted molar refractivity (Wildman–Crippen MR) is 156 cm³/mol. The van der Waals surface area contributed by atoms with Crippen LogP contribution in [0, 0.1) is 11.8 Å². The van der Waals surface area contributed by atoms with E-state index in [1.165, 1.54) is 12.1 Å². The van der Waals surface area contributed by atoms with Gasteiger partial charge in [0.15, 0.2) is 0 Å². The van der Waals surface area contributed by atoms with Crippen molar-refractivity contribution in [2.45, 2.75) is 51.2 Å². The molecule has 0 saturated carbocycles. The first kappa shape index (κ1) is 31.3. The topological polar surface area (TPSA) is 197 Å². The van der Waals surface area contributed by atoms with Crippen molar-refractivity contribution in [1.82, 2.24) is 16.0 Å². The third-order valence-electron chi connectivity index (χ3n) is 7.78. The SMILES string of the molecule is CC(C)[C@@H]1NC(=O)[C@@H](CO)NC(=O)[C@@H](Cc2ccc(O)cc2)NC(=O)c2cc(N3CCC(C(=O)O)CC3)ccc2NC1=O. The number of nitrogens with one attached hydrogen (secondary N) is 4. The molecule has 1 fully saturated rings. The van der Waals surface area contributed by atoms with Gasteiger partial charge >= 0.3 is 5.97 Å². The molecule has 0 unspecified atom stereocenters. The Morgan fingerprint density at radius 1 is 0.907 bits per heavy atom. The van der Waals surface area contributed by atoms with E-state index in [2.05, 4.69) is 21.3 Å². The van der Waals surface area contributed by atoms with Crippen molar-refractivity contribution in [2.24, 2.45) is 11.8 Å². The number of phenols is 1. The fourth-order valence-electron chi connectivity index (χ4n) is 5.19. The highest BCUT2D eigenvalue weighted by Gasteiger charge is 2.33. The Kier molecular flexibility index (Phi) is 9.86. The molecule has 43 heavy (non-hydrogen) atoms. The quantitative estimate of drug-likeness (QED) is 0.250. The maximum atomic E-state index is 13.8. The lowest BCUT2D eigenvalue weighted by molar-refractivity contribution is -0.142. The molecule has 0 aliphatic carbocycles. The Bertz CT molecular complexity index is 1370. The number of hydrogen-bond donors (Lipinski definition) is 7. The van der Waals surface area contributed by atoms with Crippen molar-refractivity contribution in [3.05, 3.63) is 53.6 Å². The number of amides is 4. The van der Waals surface area contributed by atoms with E-state index in [1.807, 2.05) is 4.90 Å². The fourth-order valence-corrected chi connectivity index (χ4v) is 5.19. The van der Waals surface area contributed by atoms with Crippen molar-refractivity contribution in [2.75, 3.05) is 29.9 Å². The minimum Gasteiger partial charge on any atom is -0.508 e. The summed E-state index contributed by atoms with van der Waals surface area (Å²) >= 11 is 0. The number of carboxylic acids is 1. The van der Waals surface area contributed by atoms with Gasteiger partial charge < -0.3 is 41.5 Å². The van der Waals surface area contributed by atoms with Crippen molar-refractivity contribution < 1.29 is 39.3 Å². The van der Waals surface area contributed by atoms with E-state index in [4.69, 9.17) is 0 Å². The zero-order valence-electron chi connectivity index (χ0n) is 24.0. The van der Waals surface area contributed by atoms with Gasteiger partial charge in [0.2, 0.25) is 17.7 Å². The summed E-state index contributed by atoms with van der Waals surface area (Å²) < 4.78 is 0. The standard InChI is InChI=1S/C30H37N5O8/c1-16(2)25-29(41)31-22-8-5-19(35-11-9-18(10-12-35)30(42)43)14-21(22)26(38)32-23(13-17-3-6-20(37)7-4-17)27(39)33-24(15-36)28(40)34-25/h3-8,14,16,18,23-25,36-37H,9-13,15H2,1-2H3,(H,31,41)(H,32,38)(H,33,39)(H,34,40)(H,42,43)/t23-,24-,25+/m1/s1. The summed E-state index contributed by atoms with van der Waals surface area (Å²) in [5, 5.41) is 39.5. The average Bonchev–Trinajstić information content (AvgIpc) is 2.99. The van der Waals surface area contributed by atoms with Crippen LogP contribution in [0.1, 0.15) is 42.6 Å². The van der Waals surface area contributed by atoms with E-state index in [9.17, 15) is 39.3 Å². The number of rotatable bonds is 6. The van der Waals surface area contributed by atoms with E-state index in [1.54, 1.807) is 44.2 Å². The molecule has 2 heterocycles. The Balaban J connectivity index is 1.73. The summed E-state index contributed by atoms with van der Waals surface area (Å²) in [5.74, 6) is -4.40. The minimum absolute atomic E-state index is 0.00365. The number of fused-ring (bicyclic) bond motifs is 1. The van der Waals surface area contributed by atoms with Gasteiger partial charge in [-0.15, -0.1) is 0 Å². The molecular weight excluding hydrogens is 558 g/mol. The highest BCUT2D eigenvalue weighted by atomic mass is 16.4. The molecule has 0 aromatic heterocycles. The largest absolute Gasteiger partial charge is 0.508 e. The van der Waals surface area contributed by atoms with Crippen LogP contribution in [0.15, 0.2) is 42.5 Å². The average molecular weight is 596 g/mol. The van der Waals surface area contributed by atoms with Crippen LogP contribution in [-0.2, 0) is 25.6 Å². The van der Waals surface area contributed by atoms with Gasteiger partial charge in [0.25, 0.3) is 5.91 Å². The van der Waals surface area contributed by atoms with E-state index in [0.717, 1.165) is 0 Å². The maximum Gasteiger partial charge on any atom is 0.306 e. The van der Waals surface area contributed by atoms with E-state index in [-0.39, 0.29) is 29.3 Å². The van der Waals surface area contributed by atoms with Gasteiger partial charge in [-0.1, -0.05) is 26.0 Å². The van der Waals surface area contributed by atoms with Gasteiger partial charge in [0.1, 0.15) is 23.9 Å². The maximum absolute atomic E-state index is 13.8. The number of benzene rings is 2. The number of hydrogen-bond acceptors (Lipinski definition) is 8. The van der Waals surface area contributed by atoms with Gasteiger partial charge in [-0.3, -0.25) is 24.0 Å². The molecule has 230 valence electrons. The number of aliphatic hydroxyl groups is 1. The Morgan fingerprint density at radius 2 is 1.56 bits per heavy atom. The number of anilines is 2. The lowest BCUT2D eigenvalue weighted by Crippen LogP contribution is -2.58. The smallest absolute Gasteiger partial charge is 0.306 e. The van der Waals surface area contributed by atoms with Crippen LogP contribution in [0.25, 0.3) is 0 Å². The molecule has 2 aliphatic heterocycles. The van der Waals surface area contributed by atoms with Crippen LogP contribution in [-0.4, -0.2) is 82.7 Å². The molecule has 2 aromatic carbocycles. The molecule has 2 aliphatic rings. The molecule has 13 nitrogen and oxygen atoms in total. The number of aromatic hydroxyl groups is 1. The number of carbonyl (C=O) groups is 5. The zero-order valence-corrected chi connectivity index (χ0v) is 24.0. The molecule has 4 amide bonds. The van der Waals surface area contributed by atoms with Crippen LogP contribution in [0.5, 0.6) is 5.75 Å². The summed E-state index contributed by atoms with van der Waals surface area (Å²) in [6.07, 6.45) is 0.869. The van der Waals surface area contributed by atoms with E-state index >= 15 is 0 Å². The predicted octanol–water partition coefficient (Wildman–Crippen LogP) is 0.604. The molecule has 3 atom stereocenters. The number of phenolic OH excluding ortho intramolecular Hbond substituents is 1. The van der Waals surface area contributed by atoms with Crippen LogP contribution in [0.3, 0.4) is 0 Å². The molecule has 4 rings (SSSR count). The molecule has 13 heteroatoms. The summed E-state index contributed by atoms with van der Waals surface area (Å²) in [6.45, 7) is 3.62. The number of carboxylic acid groups (broad SMARTS) is 1. The number of piperidine rings is 1. The summed E-state index contributed by atoms with van der Waals surface area (Å²) in [4.78, 5) is 67.0. The molecule has 2 aromatic rings. The fraction of sp³-hybridized carbons (Fsp3) is 0.433. The lowest BCUT2D eigenvalue weighted by Gasteiger charge is -2.32. The summed E-state index contributed by atoms with van der Waals surface area (Å²) in [5.41, 5.74) is 1.48. The molecular formula is C30H37N5O8. The van der Waals surface area contributed by atoms with Gasteiger partial charge in [-0.2, -0.15) is 0 Å². The molecule has 0 bridgehead atoms. The third kappa shape index (κ3) is 7.60. The summed E-state index contributed by atoms with van der Waals surface area (Å²) in [7, 11) is 0. The van der Waals surface area contributed by atoms with Gasteiger partial charge in [-0.05, 0) is 54.7 Å². The second kappa shape index (κ2) is 13.6. The van der Waals surface area contributed by atoms with Crippen LogP contribution < -0.4 is 26.2 Å². The van der Waals surface area contributed by atoms with Crippen molar-refractivity contribution in [3.63, 3.8) is 0 Å². The van der Waals surface area contributed by atoms with E-state index in [0.29, 0.717) is 37.2 Å². The second-order valence-electron chi connectivity index (χ2n) is 11.2. The Morgan fingerprint density at radius 3 is 2.16 bits per heavy atom. The molecule has 7 N–H and O–H groups in total. The second-order valence-corrected chi connectivity index (χ2v) is 11.2. The Hall–Kier alpha value is -4.65. The first-order valence-corrected chi connectivity index (χ1v) is 14.2. The lowest BCUT2D eigenvalue weighted by atomic mass is 9.96.